The monoisotopic (exact) mass is 340 g/mol. The largest absolute Gasteiger partial charge is 0.390 e. The van der Waals surface area contributed by atoms with Crippen molar-refractivity contribution in [1.82, 2.24) is 10.2 Å². The number of carbonyl (C=O) groups excluding carboxylic acids is 1. The molecule has 0 aliphatic carbocycles. The van der Waals surface area contributed by atoms with Gasteiger partial charge in [0.2, 0.25) is 5.91 Å². The van der Waals surface area contributed by atoms with Gasteiger partial charge < -0.3 is 15.3 Å². The molecule has 6 heteroatoms. The average Bonchev–Trinajstić information content (AvgIpc) is 2.54. The zero-order chi connectivity index (χ0) is 16.7. The van der Waals surface area contributed by atoms with Crippen LogP contribution in [0, 0.1) is 11.7 Å². The number of carbonyl (C=O) groups is 1. The van der Waals surface area contributed by atoms with E-state index >= 15 is 0 Å². The van der Waals surface area contributed by atoms with Gasteiger partial charge in [0.25, 0.3) is 0 Å². The molecule has 1 saturated heterocycles. The third-order valence-corrected chi connectivity index (χ3v) is 5.12. The minimum atomic E-state index is -0.564. The summed E-state index contributed by atoms with van der Waals surface area (Å²) < 4.78 is 13.4. The summed E-state index contributed by atoms with van der Waals surface area (Å²) in [6.45, 7) is 5.10. The number of amides is 1. The van der Waals surface area contributed by atoms with Crippen molar-refractivity contribution in [2.75, 3.05) is 31.9 Å². The van der Waals surface area contributed by atoms with E-state index in [0.717, 1.165) is 30.8 Å². The molecule has 2 N–H and O–H groups in total. The van der Waals surface area contributed by atoms with Gasteiger partial charge in [-0.05, 0) is 44.0 Å². The van der Waals surface area contributed by atoms with Crippen LogP contribution in [0.25, 0.3) is 0 Å². The fourth-order valence-electron chi connectivity index (χ4n) is 2.59. The van der Waals surface area contributed by atoms with E-state index < -0.39 is 6.10 Å². The number of rotatable bonds is 7. The van der Waals surface area contributed by atoms with Gasteiger partial charge in [0.1, 0.15) is 5.82 Å². The van der Waals surface area contributed by atoms with Crippen LogP contribution in [0.4, 0.5) is 4.39 Å². The van der Waals surface area contributed by atoms with Crippen molar-refractivity contribution in [3.63, 3.8) is 0 Å². The lowest BCUT2D eigenvalue weighted by molar-refractivity contribution is -0.119. The normalized spacial score (nSPS) is 17.9. The number of hydrogen-bond donors (Lipinski definition) is 2. The number of likely N-dealkylation sites (tertiary alicyclic amines) is 1. The predicted molar refractivity (Wildman–Crippen MR) is 91.0 cm³/mol. The molecule has 1 atom stereocenters. The lowest BCUT2D eigenvalue weighted by atomic mass is 9.99. The number of thioether (sulfide) groups is 1. The smallest absolute Gasteiger partial charge is 0.230 e. The predicted octanol–water partition coefficient (Wildman–Crippen LogP) is 2.13. The van der Waals surface area contributed by atoms with Crippen molar-refractivity contribution in [2.24, 2.45) is 5.92 Å². The molecule has 1 aliphatic rings. The maximum Gasteiger partial charge on any atom is 0.230 e. The summed E-state index contributed by atoms with van der Waals surface area (Å²) in [5.74, 6) is 0.405. The van der Waals surface area contributed by atoms with Gasteiger partial charge in [0.15, 0.2) is 0 Å². The Morgan fingerprint density at radius 3 is 2.83 bits per heavy atom. The summed E-state index contributed by atoms with van der Waals surface area (Å²) in [7, 11) is 0. The number of hydrogen-bond acceptors (Lipinski definition) is 4. The number of nitrogens with zero attached hydrogens (tertiary/aromatic N) is 1. The summed E-state index contributed by atoms with van der Waals surface area (Å²) in [5.41, 5.74) is 0. The summed E-state index contributed by atoms with van der Waals surface area (Å²) in [5, 5.41) is 12.7. The van der Waals surface area contributed by atoms with Crippen LogP contribution >= 0.6 is 11.8 Å². The van der Waals surface area contributed by atoms with Crippen LogP contribution in [0.3, 0.4) is 0 Å². The lowest BCUT2D eigenvalue weighted by Crippen LogP contribution is -2.43. The second-order valence-electron chi connectivity index (χ2n) is 6.16. The number of halogens is 1. The van der Waals surface area contributed by atoms with Gasteiger partial charge in [-0.1, -0.05) is 19.1 Å². The molecule has 1 aromatic rings. The first-order valence-corrected chi connectivity index (χ1v) is 9.07. The third-order valence-electron chi connectivity index (χ3n) is 4.08. The molecule has 23 heavy (non-hydrogen) atoms. The average molecular weight is 340 g/mol. The minimum absolute atomic E-state index is 0.148. The van der Waals surface area contributed by atoms with E-state index in [-0.39, 0.29) is 24.0 Å². The first-order chi connectivity index (χ1) is 11.0. The van der Waals surface area contributed by atoms with Crippen molar-refractivity contribution in [2.45, 2.75) is 30.8 Å². The Balaban J connectivity index is 1.63. The molecule has 1 heterocycles. The van der Waals surface area contributed by atoms with E-state index in [9.17, 15) is 14.3 Å². The number of β-amino-alcohol motifs (C(OH)–C–C–N with tert-alkyl or cyclic N) is 1. The van der Waals surface area contributed by atoms with Crippen LogP contribution in [0.15, 0.2) is 29.2 Å². The molecule has 128 valence electrons. The first kappa shape index (κ1) is 18.2. The summed E-state index contributed by atoms with van der Waals surface area (Å²) in [6, 6.07) is 6.40. The molecule has 0 aromatic heterocycles. The lowest BCUT2D eigenvalue weighted by Gasteiger charge is -2.31. The zero-order valence-electron chi connectivity index (χ0n) is 13.5. The number of aliphatic hydroxyl groups excluding tert-OH is 1. The van der Waals surface area contributed by atoms with E-state index in [1.807, 2.05) is 0 Å². The third kappa shape index (κ3) is 6.49. The summed E-state index contributed by atoms with van der Waals surface area (Å²) >= 11 is 1.16. The Morgan fingerprint density at radius 2 is 2.13 bits per heavy atom. The van der Waals surface area contributed by atoms with E-state index in [1.165, 1.54) is 18.9 Å². The van der Waals surface area contributed by atoms with Crippen LogP contribution in [0.1, 0.15) is 19.8 Å². The highest BCUT2D eigenvalue weighted by molar-refractivity contribution is 8.00. The first-order valence-electron chi connectivity index (χ1n) is 8.09. The highest BCUT2D eigenvalue weighted by atomic mass is 32.2. The topological polar surface area (TPSA) is 52.6 Å². The van der Waals surface area contributed by atoms with Gasteiger partial charge in [-0.3, -0.25) is 4.79 Å². The molecule has 2 rings (SSSR count). The van der Waals surface area contributed by atoms with Gasteiger partial charge in [-0.2, -0.15) is 0 Å². The van der Waals surface area contributed by atoms with Gasteiger partial charge in [-0.25, -0.2) is 4.39 Å². The van der Waals surface area contributed by atoms with Crippen LogP contribution in [0.5, 0.6) is 0 Å². The number of nitrogens with one attached hydrogen (secondary N) is 1. The molecule has 4 nitrogen and oxygen atoms in total. The van der Waals surface area contributed by atoms with Crippen molar-refractivity contribution >= 4 is 17.7 Å². The van der Waals surface area contributed by atoms with Gasteiger partial charge in [0.05, 0.1) is 11.9 Å². The van der Waals surface area contributed by atoms with E-state index in [2.05, 4.69) is 17.1 Å². The second-order valence-corrected chi connectivity index (χ2v) is 7.18. The molecule has 1 aliphatic heterocycles. The van der Waals surface area contributed by atoms with Crippen LogP contribution in [0.2, 0.25) is 0 Å². The van der Waals surface area contributed by atoms with E-state index in [0.29, 0.717) is 11.4 Å². The molecule has 1 unspecified atom stereocenters. The van der Waals surface area contributed by atoms with Crippen LogP contribution in [-0.4, -0.2) is 53.9 Å². The quantitative estimate of drug-likeness (QED) is 0.747. The minimum Gasteiger partial charge on any atom is -0.390 e. The highest BCUT2D eigenvalue weighted by Crippen LogP contribution is 2.20. The molecule has 0 saturated carbocycles. The molecule has 1 amide bonds. The molecule has 0 bridgehead atoms. The number of benzene rings is 1. The summed E-state index contributed by atoms with van der Waals surface area (Å²) in [4.78, 5) is 14.5. The van der Waals surface area contributed by atoms with Gasteiger partial charge >= 0.3 is 0 Å². The van der Waals surface area contributed by atoms with Gasteiger partial charge in [-0.15, -0.1) is 11.8 Å². The molecule has 1 aromatic carbocycles. The zero-order valence-corrected chi connectivity index (χ0v) is 14.3. The van der Waals surface area contributed by atoms with Crippen molar-refractivity contribution in [3.8, 4) is 0 Å². The second kappa shape index (κ2) is 9.25. The summed E-state index contributed by atoms with van der Waals surface area (Å²) in [6.07, 6.45) is 1.77. The van der Waals surface area contributed by atoms with Crippen molar-refractivity contribution in [1.29, 1.82) is 0 Å². The maximum atomic E-state index is 13.4. The van der Waals surface area contributed by atoms with Crippen molar-refractivity contribution in [3.05, 3.63) is 30.1 Å². The number of piperidine rings is 1. The standard InChI is InChI=1S/C17H25FN2O2S/c1-13-6-8-20(9-7-13)11-14(21)10-19-17(22)12-23-16-5-3-2-4-15(16)18/h2-5,13-14,21H,6-12H2,1H3,(H,19,22). The Hall–Kier alpha value is -1.11. The Kier molecular flexibility index (Phi) is 7.33. The number of aliphatic hydroxyl groups is 1. The molecule has 0 spiro atoms. The van der Waals surface area contributed by atoms with Crippen molar-refractivity contribution < 1.29 is 14.3 Å². The Labute approximate surface area is 141 Å². The Bertz CT molecular complexity index is 507. The SMILES string of the molecule is CC1CCN(CC(O)CNC(=O)CSc2ccccc2F)CC1. The fraction of sp³-hybridized carbons (Fsp3) is 0.588. The maximum absolute atomic E-state index is 13.4. The molecule has 0 radical (unpaired) electrons. The molecular weight excluding hydrogens is 315 g/mol. The molecular formula is C17H25FN2O2S. The van der Waals surface area contributed by atoms with E-state index in [1.54, 1.807) is 18.2 Å². The fourth-order valence-corrected chi connectivity index (χ4v) is 3.36. The van der Waals surface area contributed by atoms with Crippen LogP contribution in [-0.2, 0) is 4.79 Å². The van der Waals surface area contributed by atoms with Gasteiger partial charge in [0, 0.05) is 18.0 Å². The molecule has 1 fully saturated rings. The van der Waals surface area contributed by atoms with E-state index in [4.69, 9.17) is 0 Å². The Morgan fingerprint density at radius 1 is 1.43 bits per heavy atom. The van der Waals surface area contributed by atoms with Crippen LogP contribution < -0.4 is 5.32 Å². The highest BCUT2D eigenvalue weighted by Gasteiger charge is 2.18.